The number of carbonyl (C=O) groups is 1. The van der Waals surface area contributed by atoms with E-state index in [0.717, 1.165) is 55.7 Å². The van der Waals surface area contributed by atoms with Crippen molar-refractivity contribution in [3.8, 4) is 0 Å². The molecule has 6 nitrogen and oxygen atoms in total. The summed E-state index contributed by atoms with van der Waals surface area (Å²) in [4.78, 5) is 19.1. The highest BCUT2D eigenvalue weighted by Crippen LogP contribution is 2.18. The van der Waals surface area contributed by atoms with E-state index in [9.17, 15) is 4.79 Å². The number of pyridine rings is 1. The Bertz CT molecular complexity index is 752. The Morgan fingerprint density at radius 3 is 2.92 bits per heavy atom. The van der Waals surface area contributed by atoms with E-state index in [4.69, 9.17) is 4.74 Å². The van der Waals surface area contributed by atoms with Crippen LogP contribution in [0.4, 0.5) is 10.5 Å². The maximum atomic E-state index is 12.3. The summed E-state index contributed by atoms with van der Waals surface area (Å²) < 4.78 is 5.72. The Morgan fingerprint density at radius 2 is 2.12 bits per heavy atom. The Hall–Kier alpha value is -2.18. The van der Waals surface area contributed by atoms with E-state index >= 15 is 0 Å². The zero-order valence-corrected chi connectivity index (χ0v) is 15.0. The van der Waals surface area contributed by atoms with Gasteiger partial charge in [-0.1, -0.05) is 6.07 Å². The molecule has 0 radical (unpaired) electrons. The molecular weight excluding hydrogens is 328 g/mol. The third kappa shape index (κ3) is 4.31. The standard InChI is InChI=1S/C20H26N4O2/c25-20(23-17-5-6-19-15(13-17)3-1-9-21-19)22-16-7-10-24(11-8-16)14-18-4-2-12-26-18/h1,3,5-6,9,13,16,18H,2,4,7-8,10-12,14H2,(H2,22,23,25)/t18-/m1/s1. The number of urea groups is 1. The minimum absolute atomic E-state index is 0.134. The lowest BCUT2D eigenvalue weighted by Crippen LogP contribution is -2.47. The van der Waals surface area contributed by atoms with Gasteiger partial charge in [0.15, 0.2) is 0 Å². The molecule has 2 N–H and O–H groups in total. The maximum Gasteiger partial charge on any atom is 0.319 e. The number of hydrogen-bond acceptors (Lipinski definition) is 4. The molecule has 1 aromatic carbocycles. The van der Waals surface area contributed by atoms with Crippen molar-refractivity contribution in [2.45, 2.75) is 37.8 Å². The molecule has 26 heavy (non-hydrogen) atoms. The minimum atomic E-state index is -0.134. The van der Waals surface area contributed by atoms with Crippen molar-refractivity contribution in [3.05, 3.63) is 36.5 Å². The number of nitrogens with zero attached hydrogens (tertiary/aromatic N) is 2. The van der Waals surface area contributed by atoms with Crippen LogP contribution in [0.3, 0.4) is 0 Å². The van der Waals surface area contributed by atoms with E-state index < -0.39 is 0 Å². The summed E-state index contributed by atoms with van der Waals surface area (Å²) in [7, 11) is 0. The number of aromatic nitrogens is 1. The molecule has 0 unspecified atom stereocenters. The molecule has 2 aliphatic heterocycles. The topological polar surface area (TPSA) is 66.5 Å². The predicted molar refractivity (Wildman–Crippen MR) is 102 cm³/mol. The lowest BCUT2D eigenvalue weighted by Gasteiger charge is -2.33. The monoisotopic (exact) mass is 354 g/mol. The van der Waals surface area contributed by atoms with E-state index in [-0.39, 0.29) is 12.1 Å². The van der Waals surface area contributed by atoms with Gasteiger partial charge >= 0.3 is 6.03 Å². The molecule has 2 aliphatic rings. The Morgan fingerprint density at radius 1 is 1.23 bits per heavy atom. The molecule has 0 saturated carbocycles. The summed E-state index contributed by atoms with van der Waals surface area (Å²) in [6.07, 6.45) is 6.53. The van der Waals surface area contributed by atoms with Crippen molar-refractivity contribution in [3.63, 3.8) is 0 Å². The van der Waals surface area contributed by atoms with E-state index in [1.807, 2.05) is 30.3 Å². The fourth-order valence-electron chi connectivity index (χ4n) is 3.84. The number of benzene rings is 1. The number of fused-ring (bicyclic) bond motifs is 1. The first-order chi connectivity index (χ1) is 12.8. The average molecular weight is 354 g/mol. The van der Waals surface area contributed by atoms with E-state index in [1.165, 1.54) is 12.8 Å². The van der Waals surface area contributed by atoms with Gasteiger partial charge in [0.25, 0.3) is 0 Å². The number of carbonyl (C=O) groups excluding carboxylic acids is 1. The zero-order valence-electron chi connectivity index (χ0n) is 15.0. The SMILES string of the molecule is O=C(Nc1ccc2ncccc2c1)NC1CCN(C[C@H]2CCCO2)CC1. The van der Waals surface area contributed by atoms with Gasteiger partial charge in [0, 0.05) is 49.6 Å². The normalized spacial score (nSPS) is 21.8. The molecule has 1 atom stereocenters. The Labute approximate surface area is 153 Å². The molecule has 2 amide bonds. The molecule has 0 aliphatic carbocycles. The quantitative estimate of drug-likeness (QED) is 0.886. The van der Waals surface area contributed by atoms with Crippen molar-refractivity contribution >= 4 is 22.6 Å². The van der Waals surface area contributed by atoms with Crippen LogP contribution in [0.25, 0.3) is 10.9 Å². The second-order valence-electron chi connectivity index (χ2n) is 7.22. The van der Waals surface area contributed by atoms with Gasteiger partial charge in [-0.05, 0) is 49.9 Å². The minimum Gasteiger partial charge on any atom is -0.377 e. The van der Waals surface area contributed by atoms with Gasteiger partial charge in [0.2, 0.25) is 0 Å². The smallest absolute Gasteiger partial charge is 0.319 e. The Balaban J connectivity index is 1.24. The van der Waals surface area contributed by atoms with Crippen LogP contribution >= 0.6 is 0 Å². The number of nitrogens with one attached hydrogen (secondary N) is 2. The summed E-state index contributed by atoms with van der Waals surface area (Å²) in [6, 6.07) is 9.76. The second kappa shape index (κ2) is 8.01. The van der Waals surface area contributed by atoms with Crippen molar-refractivity contribution in [2.75, 3.05) is 31.6 Å². The highest BCUT2D eigenvalue weighted by molar-refractivity contribution is 5.92. The lowest BCUT2D eigenvalue weighted by atomic mass is 10.0. The largest absolute Gasteiger partial charge is 0.377 e. The number of anilines is 1. The van der Waals surface area contributed by atoms with E-state index in [1.54, 1.807) is 6.20 Å². The summed E-state index contributed by atoms with van der Waals surface area (Å²) in [5.41, 5.74) is 1.72. The van der Waals surface area contributed by atoms with Crippen LogP contribution in [-0.2, 0) is 4.74 Å². The van der Waals surface area contributed by atoms with Crippen LogP contribution in [0.1, 0.15) is 25.7 Å². The van der Waals surface area contributed by atoms with Crippen molar-refractivity contribution in [2.24, 2.45) is 0 Å². The molecule has 2 fully saturated rings. The van der Waals surface area contributed by atoms with Crippen molar-refractivity contribution in [1.82, 2.24) is 15.2 Å². The van der Waals surface area contributed by atoms with Gasteiger partial charge in [0.05, 0.1) is 11.6 Å². The summed E-state index contributed by atoms with van der Waals surface area (Å²) in [5, 5.41) is 7.07. The van der Waals surface area contributed by atoms with Crippen LogP contribution < -0.4 is 10.6 Å². The van der Waals surface area contributed by atoms with Crippen LogP contribution in [-0.4, -0.2) is 54.3 Å². The van der Waals surface area contributed by atoms with Crippen molar-refractivity contribution in [1.29, 1.82) is 0 Å². The van der Waals surface area contributed by atoms with Gasteiger partial charge in [-0.25, -0.2) is 4.79 Å². The molecule has 6 heteroatoms. The fraction of sp³-hybridized carbons (Fsp3) is 0.500. The lowest BCUT2D eigenvalue weighted by molar-refractivity contribution is 0.0633. The molecule has 0 bridgehead atoms. The van der Waals surface area contributed by atoms with E-state index in [2.05, 4.69) is 20.5 Å². The molecule has 4 rings (SSSR count). The third-order valence-electron chi connectivity index (χ3n) is 5.27. The Kier molecular flexibility index (Phi) is 5.32. The maximum absolute atomic E-state index is 12.3. The van der Waals surface area contributed by atoms with Gasteiger partial charge in [-0.2, -0.15) is 0 Å². The van der Waals surface area contributed by atoms with Gasteiger partial charge in [-0.3, -0.25) is 4.98 Å². The molecule has 3 heterocycles. The number of likely N-dealkylation sites (tertiary alicyclic amines) is 1. The van der Waals surface area contributed by atoms with Crippen LogP contribution in [0.2, 0.25) is 0 Å². The highest BCUT2D eigenvalue weighted by atomic mass is 16.5. The zero-order chi connectivity index (χ0) is 17.8. The van der Waals surface area contributed by atoms with E-state index in [0.29, 0.717) is 6.10 Å². The summed E-state index contributed by atoms with van der Waals surface area (Å²) in [6.45, 7) is 3.98. The first kappa shape index (κ1) is 17.2. The number of ether oxygens (including phenoxy) is 1. The van der Waals surface area contributed by atoms with Gasteiger partial charge in [-0.15, -0.1) is 0 Å². The molecule has 138 valence electrons. The molecule has 1 aromatic heterocycles. The van der Waals surface area contributed by atoms with Gasteiger partial charge in [0.1, 0.15) is 0 Å². The molecule has 2 saturated heterocycles. The predicted octanol–water partition coefficient (Wildman–Crippen LogP) is 3.00. The summed E-state index contributed by atoms with van der Waals surface area (Å²) >= 11 is 0. The number of amides is 2. The number of rotatable bonds is 4. The number of hydrogen-bond donors (Lipinski definition) is 2. The van der Waals surface area contributed by atoms with Crippen LogP contribution in [0, 0.1) is 0 Å². The highest BCUT2D eigenvalue weighted by Gasteiger charge is 2.24. The summed E-state index contributed by atoms with van der Waals surface area (Å²) in [5.74, 6) is 0. The van der Waals surface area contributed by atoms with Gasteiger partial charge < -0.3 is 20.3 Å². The molecular formula is C20H26N4O2. The molecule has 2 aromatic rings. The third-order valence-corrected chi connectivity index (χ3v) is 5.27. The number of piperidine rings is 1. The second-order valence-corrected chi connectivity index (χ2v) is 7.22. The average Bonchev–Trinajstić information content (AvgIpc) is 3.16. The van der Waals surface area contributed by atoms with Crippen LogP contribution in [0.5, 0.6) is 0 Å². The first-order valence-electron chi connectivity index (χ1n) is 9.52. The van der Waals surface area contributed by atoms with Crippen molar-refractivity contribution < 1.29 is 9.53 Å². The fourth-order valence-corrected chi connectivity index (χ4v) is 3.84. The first-order valence-corrected chi connectivity index (χ1v) is 9.52. The molecule has 0 spiro atoms. The van der Waals surface area contributed by atoms with Crippen LogP contribution in [0.15, 0.2) is 36.5 Å².